The quantitative estimate of drug-likeness (QED) is 0.901. The number of halogens is 1. The number of carbonyl (C=O) groups excluding carboxylic acids is 1. The maximum atomic E-state index is 13.1. The van der Waals surface area contributed by atoms with Gasteiger partial charge in [-0.05, 0) is 55.6 Å². The zero-order chi connectivity index (χ0) is 18.9. The molecule has 0 unspecified atom stereocenters. The first-order valence-corrected chi connectivity index (χ1v) is 9.51. The fraction of sp³-hybridized carbons (Fsp3) is 0.429. The van der Waals surface area contributed by atoms with Gasteiger partial charge in [0.05, 0.1) is 5.56 Å². The van der Waals surface area contributed by atoms with E-state index in [9.17, 15) is 9.18 Å². The van der Waals surface area contributed by atoms with E-state index in [0.29, 0.717) is 11.4 Å². The van der Waals surface area contributed by atoms with Crippen molar-refractivity contribution in [3.05, 3.63) is 59.5 Å². The molecule has 1 aromatic heterocycles. The molecule has 142 valence electrons. The van der Waals surface area contributed by atoms with E-state index in [1.54, 1.807) is 18.3 Å². The predicted molar refractivity (Wildman–Crippen MR) is 103 cm³/mol. The second kappa shape index (κ2) is 7.27. The van der Waals surface area contributed by atoms with Crippen LogP contribution in [-0.4, -0.2) is 42.0 Å². The van der Waals surface area contributed by atoms with Gasteiger partial charge in [-0.15, -0.1) is 0 Å². The van der Waals surface area contributed by atoms with Crippen LogP contribution in [0.3, 0.4) is 0 Å². The van der Waals surface area contributed by atoms with E-state index in [1.807, 2.05) is 12.1 Å². The van der Waals surface area contributed by atoms with Crippen LogP contribution in [0.25, 0.3) is 0 Å². The van der Waals surface area contributed by atoms with Gasteiger partial charge in [-0.3, -0.25) is 9.69 Å². The number of nitrogens with zero attached hydrogens (tertiary/aromatic N) is 3. The second-order valence-corrected chi connectivity index (χ2v) is 7.85. The van der Waals surface area contributed by atoms with Gasteiger partial charge in [0.15, 0.2) is 0 Å². The van der Waals surface area contributed by atoms with E-state index in [-0.39, 0.29) is 11.2 Å². The van der Waals surface area contributed by atoms with Gasteiger partial charge < -0.3 is 10.6 Å². The largest absolute Gasteiger partial charge is 0.365 e. The molecule has 1 aromatic carbocycles. The molecule has 27 heavy (non-hydrogen) atoms. The highest BCUT2D eigenvalue weighted by Gasteiger charge is 2.42. The summed E-state index contributed by atoms with van der Waals surface area (Å²) in [6.45, 7) is 4.71. The number of anilines is 1. The number of benzene rings is 1. The minimum atomic E-state index is -0.430. The molecule has 3 heterocycles. The molecule has 2 fully saturated rings. The Balaban J connectivity index is 1.46. The zero-order valence-electron chi connectivity index (χ0n) is 15.4. The third kappa shape index (κ3) is 3.81. The van der Waals surface area contributed by atoms with Crippen LogP contribution < -0.4 is 10.6 Å². The minimum absolute atomic E-state index is 0.194. The molecule has 1 atom stereocenters. The number of aromatic nitrogens is 1. The van der Waals surface area contributed by atoms with E-state index in [4.69, 9.17) is 5.73 Å². The molecule has 4 rings (SSSR count). The molecule has 0 radical (unpaired) electrons. The van der Waals surface area contributed by atoms with Gasteiger partial charge in [-0.2, -0.15) is 0 Å². The molecule has 2 saturated heterocycles. The lowest BCUT2D eigenvalue weighted by molar-refractivity contribution is 0.0986. The van der Waals surface area contributed by atoms with Crippen LogP contribution in [-0.2, 0) is 6.54 Å². The van der Waals surface area contributed by atoms with Gasteiger partial charge in [-0.1, -0.05) is 12.1 Å². The van der Waals surface area contributed by atoms with Crippen molar-refractivity contribution >= 4 is 11.7 Å². The van der Waals surface area contributed by atoms with E-state index >= 15 is 0 Å². The average molecular weight is 368 g/mol. The fourth-order valence-corrected chi connectivity index (χ4v) is 4.58. The van der Waals surface area contributed by atoms with Gasteiger partial charge in [-0.25, -0.2) is 9.37 Å². The van der Waals surface area contributed by atoms with Crippen LogP contribution in [0.5, 0.6) is 0 Å². The number of hydrogen-bond acceptors (Lipinski definition) is 4. The first-order valence-electron chi connectivity index (χ1n) is 9.51. The Morgan fingerprint density at radius 1 is 1.15 bits per heavy atom. The molecule has 2 aliphatic heterocycles. The van der Waals surface area contributed by atoms with Gasteiger partial charge in [0.25, 0.3) is 5.91 Å². The maximum absolute atomic E-state index is 13.1. The van der Waals surface area contributed by atoms with Crippen molar-refractivity contribution in [1.29, 1.82) is 0 Å². The summed E-state index contributed by atoms with van der Waals surface area (Å²) in [5.74, 6) is 0.0825. The fourth-order valence-electron chi connectivity index (χ4n) is 4.58. The molecule has 2 aromatic rings. The number of primary amides is 1. The van der Waals surface area contributed by atoms with Crippen molar-refractivity contribution in [2.75, 3.05) is 31.1 Å². The summed E-state index contributed by atoms with van der Waals surface area (Å²) < 4.78 is 13.1. The lowest BCUT2D eigenvalue weighted by atomic mass is 9.79. The summed E-state index contributed by atoms with van der Waals surface area (Å²) in [6, 6.07) is 10.3. The van der Waals surface area contributed by atoms with Crippen molar-refractivity contribution in [3.8, 4) is 0 Å². The number of rotatable bonds is 4. The number of piperidine rings is 1. The van der Waals surface area contributed by atoms with Crippen molar-refractivity contribution in [1.82, 2.24) is 9.88 Å². The summed E-state index contributed by atoms with van der Waals surface area (Å²) >= 11 is 0. The van der Waals surface area contributed by atoms with Crippen molar-refractivity contribution in [2.24, 2.45) is 11.1 Å². The number of amides is 1. The molecule has 5 nitrogen and oxygen atoms in total. The highest BCUT2D eigenvalue weighted by atomic mass is 19.1. The highest BCUT2D eigenvalue weighted by molar-refractivity contribution is 5.97. The molecule has 1 spiro atoms. The zero-order valence-corrected chi connectivity index (χ0v) is 15.4. The van der Waals surface area contributed by atoms with E-state index in [1.165, 1.54) is 18.6 Å². The summed E-state index contributed by atoms with van der Waals surface area (Å²) in [4.78, 5) is 20.9. The van der Waals surface area contributed by atoms with Crippen molar-refractivity contribution in [3.63, 3.8) is 0 Å². The standard InChI is InChI=1S/C21H25FN4O/c22-17-6-4-16(5-7-17)13-25-11-2-8-21(14-25)9-12-26(15-21)20-18(19(23)27)3-1-10-24-20/h1,3-7,10H,2,8-9,11-15H2,(H2,23,27)/t21-/m0/s1. The lowest BCUT2D eigenvalue weighted by Crippen LogP contribution is -2.44. The normalized spacial score (nSPS) is 23.1. The molecular formula is C21H25FN4O. The van der Waals surface area contributed by atoms with Crippen LogP contribution in [0.15, 0.2) is 42.6 Å². The predicted octanol–water partition coefficient (Wildman–Crippen LogP) is 2.81. The molecule has 6 heteroatoms. The van der Waals surface area contributed by atoms with E-state index in [2.05, 4.69) is 14.8 Å². The molecular weight excluding hydrogens is 343 g/mol. The Labute approximate surface area is 159 Å². The van der Waals surface area contributed by atoms with Crippen molar-refractivity contribution < 1.29 is 9.18 Å². The van der Waals surface area contributed by atoms with Gasteiger partial charge in [0, 0.05) is 37.8 Å². The molecule has 0 bridgehead atoms. The van der Waals surface area contributed by atoms with Crippen molar-refractivity contribution in [2.45, 2.75) is 25.8 Å². The molecule has 1 amide bonds. The maximum Gasteiger partial charge on any atom is 0.252 e. The van der Waals surface area contributed by atoms with Crippen LogP contribution in [0.4, 0.5) is 10.2 Å². The Morgan fingerprint density at radius 2 is 1.96 bits per heavy atom. The monoisotopic (exact) mass is 368 g/mol. The number of likely N-dealkylation sites (tertiary alicyclic amines) is 1. The summed E-state index contributed by atoms with van der Waals surface area (Å²) in [5.41, 5.74) is 7.38. The summed E-state index contributed by atoms with van der Waals surface area (Å²) in [7, 11) is 0. The number of carbonyl (C=O) groups is 1. The van der Waals surface area contributed by atoms with Crippen LogP contribution in [0.2, 0.25) is 0 Å². The Kier molecular flexibility index (Phi) is 4.83. The Hall–Kier alpha value is -2.47. The van der Waals surface area contributed by atoms with Crippen LogP contribution in [0.1, 0.15) is 35.2 Å². The topological polar surface area (TPSA) is 62.5 Å². The lowest BCUT2D eigenvalue weighted by Gasteiger charge is -2.40. The third-order valence-electron chi connectivity index (χ3n) is 5.85. The van der Waals surface area contributed by atoms with E-state index < -0.39 is 5.91 Å². The van der Waals surface area contributed by atoms with Gasteiger partial charge in [0.2, 0.25) is 0 Å². The van der Waals surface area contributed by atoms with E-state index in [0.717, 1.165) is 51.1 Å². The van der Waals surface area contributed by atoms with Crippen LogP contribution >= 0.6 is 0 Å². The molecule has 2 aliphatic rings. The molecule has 0 saturated carbocycles. The Bertz CT molecular complexity index is 825. The average Bonchev–Trinajstić information content (AvgIpc) is 3.06. The van der Waals surface area contributed by atoms with Gasteiger partial charge >= 0.3 is 0 Å². The second-order valence-electron chi connectivity index (χ2n) is 7.85. The molecule has 0 aliphatic carbocycles. The first-order chi connectivity index (χ1) is 13.0. The number of hydrogen-bond donors (Lipinski definition) is 1. The van der Waals surface area contributed by atoms with Crippen LogP contribution in [0, 0.1) is 11.2 Å². The number of pyridine rings is 1. The summed E-state index contributed by atoms with van der Waals surface area (Å²) in [6.07, 6.45) is 5.14. The number of nitrogens with two attached hydrogens (primary N) is 1. The third-order valence-corrected chi connectivity index (χ3v) is 5.85. The smallest absolute Gasteiger partial charge is 0.252 e. The van der Waals surface area contributed by atoms with Gasteiger partial charge in [0.1, 0.15) is 11.6 Å². The highest BCUT2D eigenvalue weighted by Crippen LogP contribution is 2.41. The SMILES string of the molecule is NC(=O)c1cccnc1N1CC[C@]2(CCCN(Cc3ccc(F)cc3)C2)C1. The Morgan fingerprint density at radius 3 is 2.74 bits per heavy atom. The minimum Gasteiger partial charge on any atom is -0.365 e. The first kappa shape index (κ1) is 17.9. The summed E-state index contributed by atoms with van der Waals surface area (Å²) in [5, 5.41) is 0. The molecule has 2 N–H and O–H groups in total.